The molecule has 1 nitrogen and oxygen atoms in total. The summed E-state index contributed by atoms with van der Waals surface area (Å²) in [5, 5.41) is 3.65. The molecule has 0 radical (unpaired) electrons. The Bertz CT molecular complexity index is 245. The van der Waals surface area contributed by atoms with Crippen molar-refractivity contribution in [2.75, 3.05) is 13.1 Å². The quantitative estimate of drug-likeness (QED) is 0.400. The van der Waals surface area contributed by atoms with Crippen molar-refractivity contribution in [2.24, 2.45) is 23.7 Å². The van der Waals surface area contributed by atoms with E-state index < -0.39 is 0 Å². The minimum atomic E-state index is 1.10. The van der Waals surface area contributed by atoms with Crippen molar-refractivity contribution < 1.29 is 0 Å². The number of hydrogen-bond donors (Lipinski definition) is 1. The first kappa shape index (κ1) is 17.3. The molecular formula is C20H39N. The topological polar surface area (TPSA) is 12.0 Å². The summed E-state index contributed by atoms with van der Waals surface area (Å²) >= 11 is 0. The van der Waals surface area contributed by atoms with Crippen LogP contribution in [0.25, 0.3) is 0 Å². The molecule has 4 unspecified atom stereocenters. The highest BCUT2D eigenvalue weighted by Gasteiger charge is 2.60. The van der Waals surface area contributed by atoms with E-state index in [4.69, 9.17) is 0 Å². The van der Waals surface area contributed by atoms with Gasteiger partial charge in [-0.15, -0.1) is 0 Å². The molecule has 0 saturated heterocycles. The minimum Gasteiger partial charge on any atom is -0.317 e. The molecular weight excluding hydrogens is 254 g/mol. The van der Waals surface area contributed by atoms with E-state index in [2.05, 4.69) is 19.2 Å². The van der Waals surface area contributed by atoms with Crippen molar-refractivity contribution in [3.05, 3.63) is 0 Å². The molecule has 0 aromatic carbocycles. The molecule has 0 amide bonds. The van der Waals surface area contributed by atoms with Gasteiger partial charge in [-0.2, -0.15) is 0 Å². The normalized spacial score (nSPS) is 30.0. The summed E-state index contributed by atoms with van der Waals surface area (Å²) in [6, 6.07) is 0. The van der Waals surface area contributed by atoms with Crippen LogP contribution in [0.5, 0.6) is 0 Å². The summed E-state index contributed by atoms with van der Waals surface area (Å²) in [5.41, 5.74) is 0. The molecule has 2 fully saturated rings. The van der Waals surface area contributed by atoms with Crippen molar-refractivity contribution in [1.29, 1.82) is 0 Å². The van der Waals surface area contributed by atoms with E-state index >= 15 is 0 Å². The zero-order chi connectivity index (χ0) is 14.9. The molecule has 1 N–H and O–H groups in total. The van der Waals surface area contributed by atoms with Crippen LogP contribution in [0.3, 0.4) is 0 Å². The van der Waals surface area contributed by atoms with Crippen molar-refractivity contribution in [1.82, 2.24) is 5.32 Å². The van der Waals surface area contributed by atoms with E-state index in [1.807, 2.05) is 0 Å². The monoisotopic (exact) mass is 293 g/mol. The van der Waals surface area contributed by atoms with Gasteiger partial charge in [0.2, 0.25) is 0 Å². The van der Waals surface area contributed by atoms with Gasteiger partial charge in [0.15, 0.2) is 0 Å². The average molecular weight is 294 g/mol. The molecule has 0 aromatic heterocycles. The molecule has 0 heterocycles. The summed E-state index contributed by atoms with van der Waals surface area (Å²) in [6.45, 7) is 7.11. The fourth-order valence-electron chi connectivity index (χ4n) is 4.61. The van der Waals surface area contributed by atoms with Crippen molar-refractivity contribution in [3.63, 3.8) is 0 Å². The predicted molar refractivity (Wildman–Crippen MR) is 93.6 cm³/mol. The summed E-state index contributed by atoms with van der Waals surface area (Å²) in [7, 11) is 0. The molecule has 0 aromatic rings. The fraction of sp³-hybridized carbons (Fsp3) is 1.00. The lowest BCUT2D eigenvalue weighted by Gasteiger charge is -2.24. The Morgan fingerprint density at radius 3 is 2.29 bits per heavy atom. The first-order valence-corrected chi connectivity index (χ1v) is 10.1. The smallest absolute Gasteiger partial charge is 0.00462 e. The van der Waals surface area contributed by atoms with Gasteiger partial charge in [0, 0.05) is 0 Å². The zero-order valence-electron chi connectivity index (χ0n) is 14.7. The maximum atomic E-state index is 3.65. The van der Waals surface area contributed by atoms with Gasteiger partial charge < -0.3 is 5.32 Å². The molecule has 0 bridgehead atoms. The summed E-state index contributed by atoms with van der Waals surface area (Å²) in [4.78, 5) is 0. The summed E-state index contributed by atoms with van der Waals surface area (Å²) in [5.74, 6) is 4.59. The van der Waals surface area contributed by atoms with Gasteiger partial charge in [-0.1, -0.05) is 65.2 Å². The van der Waals surface area contributed by atoms with Crippen LogP contribution >= 0.6 is 0 Å². The lowest BCUT2D eigenvalue weighted by molar-refractivity contribution is 0.266. The van der Waals surface area contributed by atoms with E-state index in [9.17, 15) is 0 Å². The van der Waals surface area contributed by atoms with Crippen LogP contribution in [0.15, 0.2) is 0 Å². The highest BCUT2D eigenvalue weighted by molar-refractivity contribution is 5.09. The fourth-order valence-corrected chi connectivity index (χ4v) is 4.61. The third-order valence-electron chi connectivity index (χ3n) is 6.06. The maximum absolute atomic E-state index is 3.65. The SMILES string of the molecule is CCCCCCCCC1C2CC(CCNCCCCC)C12. The Hall–Kier alpha value is -0.0400. The second-order valence-corrected chi connectivity index (χ2v) is 7.70. The number of unbranched alkanes of at least 4 members (excludes halogenated alkanes) is 7. The third kappa shape index (κ3) is 5.58. The van der Waals surface area contributed by atoms with Crippen LogP contribution in [-0.4, -0.2) is 13.1 Å². The van der Waals surface area contributed by atoms with Gasteiger partial charge in [-0.05, 0) is 62.4 Å². The average Bonchev–Trinajstić information content (AvgIpc) is 3.05. The van der Waals surface area contributed by atoms with E-state index in [1.165, 1.54) is 83.2 Å². The van der Waals surface area contributed by atoms with Gasteiger partial charge in [-0.3, -0.25) is 0 Å². The van der Waals surface area contributed by atoms with Crippen LogP contribution < -0.4 is 5.32 Å². The molecule has 1 heteroatoms. The molecule has 124 valence electrons. The second kappa shape index (κ2) is 9.87. The Morgan fingerprint density at radius 2 is 1.48 bits per heavy atom. The van der Waals surface area contributed by atoms with Gasteiger partial charge >= 0.3 is 0 Å². The van der Waals surface area contributed by atoms with E-state index in [-0.39, 0.29) is 0 Å². The molecule has 0 aliphatic heterocycles. The lowest BCUT2D eigenvalue weighted by atomic mass is 9.83. The Kier molecular flexibility index (Phi) is 8.14. The first-order chi connectivity index (χ1) is 10.4. The molecule has 2 aliphatic rings. The maximum Gasteiger partial charge on any atom is -0.00462 e. The van der Waals surface area contributed by atoms with Gasteiger partial charge in [0.05, 0.1) is 0 Å². The van der Waals surface area contributed by atoms with E-state index in [0.717, 1.165) is 17.8 Å². The van der Waals surface area contributed by atoms with E-state index in [0.29, 0.717) is 0 Å². The molecule has 2 saturated carbocycles. The molecule has 4 atom stereocenters. The molecule has 0 spiro atoms. The third-order valence-corrected chi connectivity index (χ3v) is 6.06. The number of hydrogen-bond acceptors (Lipinski definition) is 1. The molecule has 2 aliphatic carbocycles. The van der Waals surface area contributed by atoms with Gasteiger partial charge in [0.1, 0.15) is 0 Å². The van der Waals surface area contributed by atoms with E-state index in [1.54, 1.807) is 12.8 Å². The highest BCUT2D eigenvalue weighted by Crippen LogP contribution is 2.67. The number of nitrogens with one attached hydrogen (secondary N) is 1. The Labute approximate surface area is 133 Å². The second-order valence-electron chi connectivity index (χ2n) is 7.70. The number of fused-ring (bicyclic) bond motifs is 1. The Morgan fingerprint density at radius 1 is 0.762 bits per heavy atom. The summed E-state index contributed by atoms with van der Waals surface area (Å²) < 4.78 is 0. The largest absolute Gasteiger partial charge is 0.317 e. The van der Waals surface area contributed by atoms with Crippen LogP contribution in [0.2, 0.25) is 0 Å². The van der Waals surface area contributed by atoms with Gasteiger partial charge in [0.25, 0.3) is 0 Å². The predicted octanol–water partition coefficient (Wildman–Crippen LogP) is 5.79. The standard InChI is InChI=1S/C20H39N/c1-3-5-7-8-9-10-12-18-19-16-17(20(18)19)13-15-21-14-11-6-4-2/h17-21H,3-16H2,1-2H3. The van der Waals surface area contributed by atoms with Crippen LogP contribution in [0, 0.1) is 23.7 Å². The van der Waals surface area contributed by atoms with Crippen LogP contribution in [0.1, 0.15) is 90.9 Å². The Balaban J connectivity index is 1.39. The first-order valence-electron chi connectivity index (χ1n) is 10.1. The van der Waals surface area contributed by atoms with Crippen LogP contribution in [-0.2, 0) is 0 Å². The van der Waals surface area contributed by atoms with Crippen molar-refractivity contribution in [3.8, 4) is 0 Å². The molecule has 2 rings (SSSR count). The van der Waals surface area contributed by atoms with Gasteiger partial charge in [-0.25, -0.2) is 0 Å². The van der Waals surface area contributed by atoms with Crippen molar-refractivity contribution in [2.45, 2.75) is 90.9 Å². The highest BCUT2D eigenvalue weighted by atomic mass is 14.8. The molecule has 21 heavy (non-hydrogen) atoms. The summed E-state index contributed by atoms with van der Waals surface area (Å²) in [6.07, 6.45) is 17.5. The van der Waals surface area contributed by atoms with Crippen molar-refractivity contribution >= 4 is 0 Å². The number of rotatable bonds is 14. The zero-order valence-corrected chi connectivity index (χ0v) is 14.7. The van der Waals surface area contributed by atoms with Crippen LogP contribution in [0.4, 0.5) is 0 Å². The minimum absolute atomic E-state index is 1.10. The lowest BCUT2D eigenvalue weighted by Crippen LogP contribution is -2.24.